The van der Waals surface area contributed by atoms with Crippen molar-refractivity contribution < 1.29 is 14.7 Å². The highest BCUT2D eigenvalue weighted by atomic mass is 16.3. The largest absolute Gasteiger partial charge is 0.391 e. The first kappa shape index (κ1) is 17.7. The summed E-state index contributed by atoms with van der Waals surface area (Å²) < 4.78 is 0. The Kier molecular flexibility index (Phi) is 5.58. The van der Waals surface area contributed by atoms with Gasteiger partial charge in [0.05, 0.1) is 17.4 Å². The molecule has 2 aliphatic heterocycles. The van der Waals surface area contributed by atoms with E-state index in [2.05, 4.69) is 5.32 Å². The molecule has 0 spiro atoms. The third kappa shape index (κ3) is 4.31. The fraction of sp³-hybridized carbons (Fsp3) is 0.579. The number of β-amino-alcohol motifs (C(OH)–C–C–N with tert-alkyl or cyclic N) is 1. The average molecular weight is 345 g/mol. The Morgan fingerprint density at radius 1 is 1.08 bits per heavy atom. The number of hydrogen-bond acceptors (Lipinski definition) is 3. The van der Waals surface area contributed by atoms with Crippen LogP contribution in [0.5, 0.6) is 0 Å². The Hall–Kier alpha value is -2.08. The molecule has 0 aliphatic carbocycles. The van der Waals surface area contributed by atoms with Crippen LogP contribution >= 0.6 is 0 Å². The second-order valence-electron chi connectivity index (χ2n) is 7.23. The number of aliphatic hydroxyl groups excluding tert-OH is 1. The van der Waals surface area contributed by atoms with E-state index in [1.54, 1.807) is 17.0 Å². The SMILES string of the molecule is C[C@@H]1C[C@H](O)CN(C(=O)Nc2ccccc2C(=O)N2CCCCC2)C1. The summed E-state index contributed by atoms with van der Waals surface area (Å²) in [5, 5.41) is 12.8. The molecular weight excluding hydrogens is 318 g/mol. The molecule has 0 bridgehead atoms. The van der Waals surface area contributed by atoms with E-state index in [9.17, 15) is 14.7 Å². The van der Waals surface area contributed by atoms with Crippen molar-refractivity contribution in [2.75, 3.05) is 31.5 Å². The van der Waals surface area contributed by atoms with Crippen LogP contribution in [0.4, 0.5) is 10.5 Å². The molecule has 2 saturated heterocycles. The maximum absolute atomic E-state index is 12.8. The third-order valence-electron chi connectivity index (χ3n) is 4.97. The molecule has 0 unspecified atom stereocenters. The van der Waals surface area contributed by atoms with Gasteiger partial charge in [-0.15, -0.1) is 0 Å². The van der Waals surface area contributed by atoms with Crippen LogP contribution in [0.1, 0.15) is 43.0 Å². The number of carbonyl (C=O) groups is 2. The summed E-state index contributed by atoms with van der Waals surface area (Å²) in [6.07, 6.45) is 3.46. The van der Waals surface area contributed by atoms with Gasteiger partial charge >= 0.3 is 6.03 Å². The van der Waals surface area contributed by atoms with Crippen molar-refractivity contribution in [2.24, 2.45) is 5.92 Å². The molecule has 0 aromatic heterocycles. The third-order valence-corrected chi connectivity index (χ3v) is 4.97. The Balaban J connectivity index is 1.72. The summed E-state index contributed by atoms with van der Waals surface area (Å²) >= 11 is 0. The van der Waals surface area contributed by atoms with Crippen LogP contribution in [0.15, 0.2) is 24.3 Å². The lowest BCUT2D eigenvalue weighted by Crippen LogP contribution is -2.47. The van der Waals surface area contributed by atoms with E-state index >= 15 is 0 Å². The average Bonchev–Trinajstić information content (AvgIpc) is 2.61. The van der Waals surface area contributed by atoms with Crippen molar-refractivity contribution in [1.82, 2.24) is 9.80 Å². The van der Waals surface area contributed by atoms with E-state index in [1.807, 2.05) is 24.0 Å². The minimum absolute atomic E-state index is 0.0253. The minimum atomic E-state index is -0.486. The maximum Gasteiger partial charge on any atom is 0.321 e. The van der Waals surface area contributed by atoms with Crippen molar-refractivity contribution in [2.45, 2.75) is 38.7 Å². The van der Waals surface area contributed by atoms with E-state index < -0.39 is 6.10 Å². The van der Waals surface area contributed by atoms with E-state index in [0.29, 0.717) is 30.8 Å². The molecule has 6 heteroatoms. The smallest absolute Gasteiger partial charge is 0.321 e. The highest BCUT2D eigenvalue weighted by molar-refractivity contribution is 6.03. The summed E-state index contributed by atoms with van der Waals surface area (Å²) in [5.41, 5.74) is 1.07. The number of benzene rings is 1. The summed E-state index contributed by atoms with van der Waals surface area (Å²) in [5.74, 6) is 0.238. The Bertz CT molecular complexity index is 618. The van der Waals surface area contributed by atoms with Gasteiger partial charge in [-0.25, -0.2) is 4.79 Å². The molecule has 0 saturated carbocycles. The number of para-hydroxylation sites is 1. The fourth-order valence-corrected chi connectivity index (χ4v) is 3.72. The lowest BCUT2D eigenvalue weighted by molar-refractivity contribution is 0.0639. The van der Waals surface area contributed by atoms with E-state index in [1.165, 1.54) is 0 Å². The van der Waals surface area contributed by atoms with Crippen molar-refractivity contribution in [3.8, 4) is 0 Å². The first-order valence-electron chi connectivity index (χ1n) is 9.17. The molecule has 6 nitrogen and oxygen atoms in total. The molecule has 2 atom stereocenters. The van der Waals surface area contributed by atoms with Gasteiger partial charge in [0, 0.05) is 26.2 Å². The van der Waals surface area contributed by atoms with Gasteiger partial charge in [0.1, 0.15) is 0 Å². The molecule has 1 aromatic carbocycles. The first-order valence-corrected chi connectivity index (χ1v) is 9.17. The number of piperidine rings is 2. The Morgan fingerprint density at radius 2 is 1.80 bits per heavy atom. The van der Waals surface area contributed by atoms with Crippen LogP contribution < -0.4 is 5.32 Å². The van der Waals surface area contributed by atoms with Crippen LogP contribution in [-0.2, 0) is 0 Å². The normalized spacial score (nSPS) is 24.1. The number of hydrogen-bond donors (Lipinski definition) is 2. The molecule has 2 aliphatic rings. The monoisotopic (exact) mass is 345 g/mol. The number of amides is 3. The van der Waals surface area contributed by atoms with Crippen molar-refractivity contribution in [1.29, 1.82) is 0 Å². The van der Waals surface area contributed by atoms with Gasteiger partial charge in [-0.2, -0.15) is 0 Å². The van der Waals surface area contributed by atoms with E-state index in [-0.39, 0.29) is 17.9 Å². The number of urea groups is 1. The molecule has 1 aromatic rings. The zero-order chi connectivity index (χ0) is 17.8. The van der Waals surface area contributed by atoms with Crippen LogP contribution in [0, 0.1) is 5.92 Å². The molecule has 2 N–H and O–H groups in total. The lowest BCUT2D eigenvalue weighted by Gasteiger charge is -2.34. The zero-order valence-electron chi connectivity index (χ0n) is 14.8. The first-order chi connectivity index (χ1) is 12.0. The van der Waals surface area contributed by atoms with Crippen LogP contribution in [0.3, 0.4) is 0 Å². The number of likely N-dealkylation sites (tertiary alicyclic amines) is 2. The van der Waals surface area contributed by atoms with Crippen LogP contribution in [0.2, 0.25) is 0 Å². The number of anilines is 1. The highest BCUT2D eigenvalue weighted by Gasteiger charge is 2.28. The summed E-state index contributed by atoms with van der Waals surface area (Å²) in [4.78, 5) is 28.9. The summed E-state index contributed by atoms with van der Waals surface area (Å²) in [6, 6.07) is 6.90. The lowest BCUT2D eigenvalue weighted by atomic mass is 9.98. The molecule has 2 heterocycles. The Labute approximate surface area is 148 Å². The topological polar surface area (TPSA) is 72.9 Å². The van der Waals surface area contributed by atoms with Crippen molar-refractivity contribution in [3.05, 3.63) is 29.8 Å². The van der Waals surface area contributed by atoms with Crippen molar-refractivity contribution >= 4 is 17.6 Å². The van der Waals surface area contributed by atoms with E-state index in [4.69, 9.17) is 0 Å². The van der Waals surface area contributed by atoms with Gasteiger partial charge in [0.15, 0.2) is 0 Å². The van der Waals surface area contributed by atoms with Gasteiger partial charge < -0.3 is 20.2 Å². The highest BCUT2D eigenvalue weighted by Crippen LogP contribution is 2.22. The number of carbonyl (C=O) groups excluding carboxylic acids is 2. The molecule has 3 amide bonds. The van der Waals surface area contributed by atoms with Gasteiger partial charge in [-0.1, -0.05) is 19.1 Å². The number of nitrogens with zero attached hydrogens (tertiary/aromatic N) is 2. The molecule has 2 fully saturated rings. The van der Waals surface area contributed by atoms with Crippen LogP contribution in [0.25, 0.3) is 0 Å². The quantitative estimate of drug-likeness (QED) is 0.865. The second kappa shape index (κ2) is 7.87. The van der Waals surface area contributed by atoms with Crippen LogP contribution in [-0.4, -0.2) is 59.1 Å². The summed E-state index contributed by atoms with van der Waals surface area (Å²) in [6.45, 7) is 4.52. The van der Waals surface area contributed by atoms with Crippen molar-refractivity contribution in [3.63, 3.8) is 0 Å². The van der Waals surface area contributed by atoms with Gasteiger partial charge in [0.2, 0.25) is 0 Å². The number of rotatable bonds is 2. The van der Waals surface area contributed by atoms with Gasteiger partial charge in [0.25, 0.3) is 5.91 Å². The fourth-order valence-electron chi connectivity index (χ4n) is 3.72. The van der Waals surface area contributed by atoms with Gasteiger partial charge in [-0.05, 0) is 43.7 Å². The van der Waals surface area contributed by atoms with E-state index in [0.717, 1.165) is 32.4 Å². The minimum Gasteiger partial charge on any atom is -0.391 e. The predicted molar refractivity (Wildman–Crippen MR) is 96.6 cm³/mol. The van der Waals surface area contributed by atoms with Gasteiger partial charge in [-0.3, -0.25) is 4.79 Å². The molecular formula is C19H27N3O3. The standard InChI is InChI=1S/C19H27N3O3/c1-14-11-15(23)13-22(12-14)19(25)20-17-8-4-3-7-16(17)18(24)21-9-5-2-6-10-21/h3-4,7-8,14-15,23H,2,5-6,9-13H2,1H3,(H,20,25)/t14-,15+/m1/s1. The predicted octanol–water partition coefficient (Wildman–Crippen LogP) is 2.55. The maximum atomic E-state index is 12.8. The Morgan fingerprint density at radius 3 is 2.52 bits per heavy atom. The second-order valence-corrected chi connectivity index (χ2v) is 7.23. The molecule has 3 rings (SSSR count). The molecule has 25 heavy (non-hydrogen) atoms. The molecule has 136 valence electrons. The summed E-state index contributed by atoms with van der Waals surface area (Å²) in [7, 11) is 0. The zero-order valence-corrected chi connectivity index (χ0v) is 14.8. The number of nitrogens with one attached hydrogen (secondary N) is 1. The molecule has 0 radical (unpaired) electrons. The number of aliphatic hydroxyl groups is 1.